The van der Waals surface area contributed by atoms with Gasteiger partial charge in [-0.05, 0) is 12.1 Å². The van der Waals surface area contributed by atoms with Crippen LogP contribution in [0.3, 0.4) is 0 Å². The van der Waals surface area contributed by atoms with Crippen molar-refractivity contribution < 1.29 is 4.74 Å². The van der Waals surface area contributed by atoms with Gasteiger partial charge in [0.15, 0.2) is 0 Å². The highest BCUT2D eigenvalue weighted by atomic mass is 35.5. The summed E-state index contributed by atoms with van der Waals surface area (Å²) in [7, 11) is 3.44. The van der Waals surface area contributed by atoms with Gasteiger partial charge in [0.1, 0.15) is 17.9 Å². The van der Waals surface area contributed by atoms with Crippen LogP contribution in [0.5, 0.6) is 5.75 Å². The molecule has 0 aliphatic carbocycles. The SMILES string of the molecule is COc1cc(Cl)ccc1C(N)Cc1ncnn1C. The molecule has 0 amide bonds. The maximum Gasteiger partial charge on any atom is 0.138 e. The number of rotatable bonds is 4. The third-order valence-corrected chi connectivity index (χ3v) is 3.04. The number of methoxy groups -OCH3 is 1. The van der Waals surface area contributed by atoms with Gasteiger partial charge in [-0.25, -0.2) is 4.98 Å². The van der Waals surface area contributed by atoms with Gasteiger partial charge in [-0.3, -0.25) is 4.68 Å². The summed E-state index contributed by atoms with van der Waals surface area (Å²) in [4.78, 5) is 4.16. The molecule has 6 heteroatoms. The van der Waals surface area contributed by atoms with E-state index >= 15 is 0 Å². The summed E-state index contributed by atoms with van der Waals surface area (Å²) in [5, 5.41) is 4.64. The zero-order valence-electron chi connectivity index (χ0n) is 10.3. The van der Waals surface area contributed by atoms with Crippen molar-refractivity contribution in [1.29, 1.82) is 0 Å². The molecule has 2 rings (SSSR count). The molecule has 0 saturated heterocycles. The van der Waals surface area contributed by atoms with Crippen molar-refractivity contribution in [2.75, 3.05) is 7.11 Å². The minimum atomic E-state index is -0.208. The van der Waals surface area contributed by atoms with Crippen molar-refractivity contribution in [3.05, 3.63) is 40.9 Å². The van der Waals surface area contributed by atoms with Gasteiger partial charge in [-0.1, -0.05) is 17.7 Å². The van der Waals surface area contributed by atoms with E-state index in [1.165, 1.54) is 6.33 Å². The number of hydrogen-bond donors (Lipinski definition) is 1. The van der Waals surface area contributed by atoms with Crippen LogP contribution in [0.4, 0.5) is 0 Å². The second kappa shape index (κ2) is 5.37. The average Bonchev–Trinajstić information content (AvgIpc) is 2.74. The fourth-order valence-electron chi connectivity index (χ4n) is 1.80. The molecule has 0 spiro atoms. The molecule has 96 valence electrons. The van der Waals surface area contributed by atoms with Crippen LogP contribution >= 0.6 is 11.6 Å². The standard InChI is InChI=1S/C12H15ClN4O/c1-17-12(15-7-16-17)6-10(14)9-4-3-8(13)5-11(9)18-2/h3-5,7,10H,6,14H2,1-2H3. The second-order valence-electron chi connectivity index (χ2n) is 4.00. The van der Waals surface area contributed by atoms with Crippen LogP contribution in [0, 0.1) is 0 Å². The zero-order chi connectivity index (χ0) is 13.1. The molecule has 18 heavy (non-hydrogen) atoms. The molecule has 1 heterocycles. The molecule has 0 fully saturated rings. The quantitative estimate of drug-likeness (QED) is 0.915. The van der Waals surface area contributed by atoms with Crippen molar-refractivity contribution >= 4 is 11.6 Å². The smallest absolute Gasteiger partial charge is 0.138 e. The Labute approximate surface area is 111 Å². The Morgan fingerprint density at radius 2 is 2.28 bits per heavy atom. The van der Waals surface area contributed by atoms with E-state index in [1.54, 1.807) is 23.9 Å². The van der Waals surface area contributed by atoms with E-state index in [0.717, 1.165) is 11.4 Å². The summed E-state index contributed by atoms with van der Waals surface area (Å²) < 4.78 is 7.00. The fraction of sp³-hybridized carbons (Fsp3) is 0.333. The van der Waals surface area contributed by atoms with E-state index < -0.39 is 0 Å². The number of nitrogens with two attached hydrogens (primary N) is 1. The van der Waals surface area contributed by atoms with Gasteiger partial charge >= 0.3 is 0 Å². The molecule has 5 nitrogen and oxygen atoms in total. The van der Waals surface area contributed by atoms with E-state index in [0.29, 0.717) is 17.2 Å². The van der Waals surface area contributed by atoms with Gasteiger partial charge in [0.2, 0.25) is 0 Å². The normalized spacial score (nSPS) is 12.4. The molecule has 0 aliphatic rings. The highest BCUT2D eigenvalue weighted by Gasteiger charge is 2.15. The summed E-state index contributed by atoms with van der Waals surface area (Å²) in [6, 6.07) is 5.23. The minimum absolute atomic E-state index is 0.208. The van der Waals surface area contributed by atoms with Crippen LogP contribution < -0.4 is 10.5 Å². The number of ether oxygens (including phenoxy) is 1. The third-order valence-electron chi connectivity index (χ3n) is 2.80. The summed E-state index contributed by atoms with van der Waals surface area (Å²) >= 11 is 5.92. The number of benzene rings is 1. The topological polar surface area (TPSA) is 66.0 Å². The first kappa shape index (κ1) is 12.9. The monoisotopic (exact) mass is 266 g/mol. The molecular formula is C12H15ClN4O. The lowest BCUT2D eigenvalue weighted by molar-refractivity contribution is 0.405. The molecule has 0 bridgehead atoms. The molecule has 1 aromatic carbocycles. The minimum Gasteiger partial charge on any atom is -0.496 e. The van der Waals surface area contributed by atoms with E-state index in [1.807, 2.05) is 13.1 Å². The Morgan fingerprint density at radius 1 is 1.50 bits per heavy atom. The molecule has 0 aliphatic heterocycles. The van der Waals surface area contributed by atoms with E-state index in [-0.39, 0.29) is 6.04 Å². The first-order valence-corrected chi connectivity index (χ1v) is 5.91. The van der Waals surface area contributed by atoms with Gasteiger partial charge in [0, 0.05) is 30.1 Å². The van der Waals surface area contributed by atoms with Crippen LogP contribution in [-0.4, -0.2) is 21.9 Å². The van der Waals surface area contributed by atoms with Crippen molar-refractivity contribution in [2.24, 2.45) is 12.8 Å². The molecule has 1 unspecified atom stereocenters. The molecule has 0 radical (unpaired) electrons. The lowest BCUT2D eigenvalue weighted by Crippen LogP contribution is -2.17. The van der Waals surface area contributed by atoms with Gasteiger partial charge in [0.25, 0.3) is 0 Å². The van der Waals surface area contributed by atoms with E-state index in [9.17, 15) is 0 Å². The van der Waals surface area contributed by atoms with Gasteiger partial charge in [0.05, 0.1) is 7.11 Å². The highest BCUT2D eigenvalue weighted by Crippen LogP contribution is 2.28. The van der Waals surface area contributed by atoms with Gasteiger partial charge < -0.3 is 10.5 Å². The Hall–Kier alpha value is -1.59. The lowest BCUT2D eigenvalue weighted by atomic mass is 10.0. The Morgan fingerprint density at radius 3 is 2.89 bits per heavy atom. The molecule has 1 atom stereocenters. The largest absolute Gasteiger partial charge is 0.496 e. The number of nitrogens with zero attached hydrogens (tertiary/aromatic N) is 3. The Kier molecular flexibility index (Phi) is 3.84. The highest BCUT2D eigenvalue weighted by molar-refractivity contribution is 6.30. The van der Waals surface area contributed by atoms with Crippen molar-refractivity contribution in [2.45, 2.75) is 12.5 Å². The van der Waals surface area contributed by atoms with Crippen molar-refractivity contribution in [3.8, 4) is 5.75 Å². The van der Waals surface area contributed by atoms with Crippen LogP contribution in [0.25, 0.3) is 0 Å². The van der Waals surface area contributed by atoms with Crippen LogP contribution in [0.15, 0.2) is 24.5 Å². The summed E-state index contributed by atoms with van der Waals surface area (Å²) in [5.74, 6) is 1.52. The predicted molar refractivity (Wildman–Crippen MR) is 69.6 cm³/mol. The maximum atomic E-state index is 6.18. The number of halogens is 1. The molecule has 2 aromatic rings. The average molecular weight is 267 g/mol. The second-order valence-corrected chi connectivity index (χ2v) is 4.43. The summed E-state index contributed by atoms with van der Waals surface area (Å²) in [6.45, 7) is 0. The van der Waals surface area contributed by atoms with Gasteiger partial charge in [-0.15, -0.1) is 0 Å². The fourth-order valence-corrected chi connectivity index (χ4v) is 1.96. The van der Waals surface area contributed by atoms with Crippen LogP contribution in [-0.2, 0) is 13.5 Å². The molecule has 0 saturated carbocycles. The summed E-state index contributed by atoms with van der Waals surface area (Å²) in [5.41, 5.74) is 7.08. The lowest BCUT2D eigenvalue weighted by Gasteiger charge is -2.15. The third kappa shape index (κ3) is 2.63. The van der Waals surface area contributed by atoms with Crippen LogP contribution in [0.2, 0.25) is 5.02 Å². The molecule has 2 N–H and O–H groups in total. The molecule has 1 aromatic heterocycles. The van der Waals surface area contributed by atoms with Crippen molar-refractivity contribution in [1.82, 2.24) is 14.8 Å². The molecular weight excluding hydrogens is 252 g/mol. The number of aromatic nitrogens is 3. The zero-order valence-corrected chi connectivity index (χ0v) is 11.1. The first-order valence-electron chi connectivity index (χ1n) is 5.53. The number of aryl methyl sites for hydroxylation is 1. The number of hydrogen-bond acceptors (Lipinski definition) is 4. The predicted octanol–water partition coefficient (Wildman–Crippen LogP) is 1.72. The van der Waals surface area contributed by atoms with E-state index in [2.05, 4.69) is 10.1 Å². The maximum absolute atomic E-state index is 6.18. The van der Waals surface area contributed by atoms with Crippen molar-refractivity contribution in [3.63, 3.8) is 0 Å². The summed E-state index contributed by atoms with van der Waals surface area (Å²) in [6.07, 6.45) is 2.11. The van der Waals surface area contributed by atoms with Crippen LogP contribution in [0.1, 0.15) is 17.4 Å². The Bertz CT molecular complexity index is 541. The first-order chi connectivity index (χ1) is 8.61. The van der Waals surface area contributed by atoms with E-state index in [4.69, 9.17) is 22.1 Å². The Balaban J connectivity index is 2.23. The van der Waals surface area contributed by atoms with Gasteiger partial charge in [-0.2, -0.15) is 5.10 Å².